The minimum Gasteiger partial charge on any atom is -0.744 e. The van der Waals surface area contributed by atoms with Crippen LogP contribution in [0.4, 0.5) is 5.69 Å². The van der Waals surface area contributed by atoms with E-state index in [0.29, 0.717) is 6.07 Å². The number of hydrogen-bond donors (Lipinski definition) is 3. The Morgan fingerprint density at radius 1 is 1.25 bits per heavy atom. The Balaban J connectivity index is 3.58. The third kappa shape index (κ3) is 2.68. The Bertz CT molecular complexity index is 606. The van der Waals surface area contributed by atoms with Crippen molar-refractivity contribution < 1.29 is 31.8 Å². The molecule has 0 aliphatic rings. The molecule has 0 atom stereocenters. The molecule has 0 aliphatic carbocycles. The Labute approximate surface area is 91.5 Å². The highest BCUT2D eigenvalue weighted by molar-refractivity contribution is 7.86. The summed E-state index contributed by atoms with van der Waals surface area (Å²) in [5.41, 5.74) is 2.02. The monoisotopic (exact) mass is 268 g/mol. The van der Waals surface area contributed by atoms with Gasteiger partial charge in [0.05, 0.1) is 9.79 Å². The second kappa shape index (κ2) is 3.99. The lowest BCUT2D eigenvalue weighted by atomic mass is 10.3. The highest BCUT2D eigenvalue weighted by Crippen LogP contribution is 2.23. The first-order chi connectivity index (χ1) is 7.16. The molecule has 0 fully saturated rings. The predicted molar refractivity (Wildman–Crippen MR) is 50.7 cm³/mol. The van der Waals surface area contributed by atoms with E-state index >= 15 is 0 Å². The van der Waals surface area contributed by atoms with Gasteiger partial charge < -0.3 is 4.55 Å². The summed E-state index contributed by atoms with van der Waals surface area (Å²) in [5.74, 6) is 3.16. The molecule has 1 rings (SSSR count). The molecule has 1 aromatic rings. The van der Waals surface area contributed by atoms with Crippen molar-refractivity contribution in [3.05, 3.63) is 18.2 Å². The van der Waals surface area contributed by atoms with Crippen LogP contribution in [-0.4, -0.2) is 25.9 Å². The van der Waals surface area contributed by atoms with Crippen molar-refractivity contribution in [2.75, 3.05) is 5.43 Å². The second-order valence-electron chi connectivity index (χ2n) is 2.76. The number of rotatable bonds is 3. The first-order valence-electron chi connectivity index (χ1n) is 3.77. The Morgan fingerprint density at radius 3 is 2.19 bits per heavy atom. The maximum atomic E-state index is 10.8. The van der Waals surface area contributed by atoms with Gasteiger partial charge in [-0.3, -0.25) is 10.4 Å². The fourth-order valence-corrected chi connectivity index (χ4v) is 2.28. The lowest BCUT2D eigenvalue weighted by Gasteiger charge is -2.11. The van der Waals surface area contributed by atoms with Crippen LogP contribution in [0.25, 0.3) is 0 Å². The van der Waals surface area contributed by atoms with Gasteiger partial charge in [-0.25, -0.2) is 13.8 Å². The quantitative estimate of drug-likeness (QED) is 0.441. The minimum atomic E-state index is -4.86. The van der Waals surface area contributed by atoms with Gasteiger partial charge in [-0.1, -0.05) is 0 Å². The van der Waals surface area contributed by atoms with Crippen molar-refractivity contribution in [1.29, 1.82) is 0 Å². The molecule has 0 bridgehead atoms. The summed E-state index contributed by atoms with van der Waals surface area (Å²) < 4.78 is 62.5. The fraction of sp³-hybridized carbons (Fsp3) is 0. The van der Waals surface area contributed by atoms with Gasteiger partial charge in [0, 0.05) is 0 Å². The van der Waals surface area contributed by atoms with Crippen LogP contribution in [0.15, 0.2) is 28.0 Å². The highest BCUT2D eigenvalue weighted by atomic mass is 32.2. The van der Waals surface area contributed by atoms with Gasteiger partial charge in [0.15, 0.2) is 0 Å². The molecule has 8 nitrogen and oxygen atoms in total. The van der Waals surface area contributed by atoms with Gasteiger partial charge in [-0.2, -0.15) is 8.42 Å². The molecule has 10 heteroatoms. The van der Waals surface area contributed by atoms with Crippen LogP contribution >= 0.6 is 0 Å². The molecule has 0 spiro atoms. The molecule has 0 heterocycles. The molecule has 0 amide bonds. The summed E-state index contributed by atoms with van der Waals surface area (Å²) in [7, 11) is -9.42. The van der Waals surface area contributed by atoms with Crippen molar-refractivity contribution in [2.45, 2.75) is 9.79 Å². The zero-order chi connectivity index (χ0) is 12.6. The fourth-order valence-electron chi connectivity index (χ4n) is 1.02. The molecular weight excluding hydrogens is 260 g/mol. The van der Waals surface area contributed by atoms with Gasteiger partial charge in [-0.15, -0.1) is 0 Å². The predicted octanol–water partition coefficient (Wildman–Crippen LogP) is -1.59. The van der Waals surface area contributed by atoms with Crippen LogP contribution in [0.3, 0.4) is 0 Å². The van der Waals surface area contributed by atoms with E-state index in [1.54, 1.807) is 0 Å². The van der Waals surface area contributed by atoms with Crippen LogP contribution in [0, 0.1) is 0 Å². The zero-order valence-electron chi connectivity index (χ0n) is 7.74. The van der Waals surface area contributed by atoms with Crippen molar-refractivity contribution in [1.82, 2.24) is 0 Å². The van der Waals surface area contributed by atoms with E-state index in [1.165, 1.54) is 0 Å². The molecule has 90 valence electrons. The average Bonchev–Trinajstić information content (AvgIpc) is 2.14. The van der Waals surface area contributed by atoms with Crippen molar-refractivity contribution in [3.63, 3.8) is 0 Å². The smallest absolute Gasteiger partial charge is 0.294 e. The van der Waals surface area contributed by atoms with Crippen LogP contribution < -0.4 is 11.3 Å². The highest BCUT2D eigenvalue weighted by Gasteiger charge is 2.16. The van der Waals surface area contributed by atoms with Gasteiger partial charge in [-0.05, 0) is 18.2 Å². The summed E-state index contributed by atoms with van der Waals surface area (Å²) in [6, 6.07) is 2.52. The number of nitrogens with one attached hydrogen (secondary N) is 1. The van der Waals surface area contributed by atoms with E-state index in [0.717, 1.165) is 12.1 Å². The van der Waals surface area contributed by atoms with Gasteiger partial charge >= 0.3 is 0 Å². The minimum absolute atomic E-state index is 0.151. The van der Waals surface area contributed by atoms with E-state index < -0.39 is 30.0 Å². The number of benzene rings is 1. The largest absolute Gasteiger partial charge is 0.744 e. The molecule has 0 saturated carbocycles. The molecule has 1 aromatic carbocycles. The Kier molecular flexibility index (Phi) is 3.21. The second-order valence-corrected chi connectivity index (χ2v) is 5.53. The van der Waals surface area contributed by atoms with E-state index in [9.17, 15) is 21.4 Å². The summed E-state index contributed by atoms with van der Waals surface area (Å²) in [5, 5.41) is 0. The number of quaternary nitrogens is 1. The molecular formula is C6H8N2O6S2. The molecule has 0 radical (unpaired) electrons. The van der Waals surface area contributed by atoms with Crippen molar-refractivity contribution in [3.8, 4) is 0 Å². The van der Waals surface area contributed by atoms with Gasteiger partial charge in [0.2, 0.25) is 0 Å². The normalized spacial score (nSPS) is 12.4. The third-order valence-electron chi connectivity index (χ3n) is 1.71. The van der Waals surface area contributed by atoms with Gasteiger partial charge in [0.25, 0.3) is 10.1 Å². The molecule has 16 heavy (non-hydrogen) atoms. The van der Waals surface area contributed by atoms with Crippen LogP contribution in [0.1, 0.15) is 0 Å². The van der Waals surface area contributed by atoms with Crippen LogP contribution in [-0.2, 0) is 20.2 Å². The van der Waals surface area contributed by atoms with E-state index in [4.69, 9.17) is 4.55 Å². The SMILES string of the molecule is [NH3+]Nc1ccc(S(=O)(=O)O)cc1S(=O)(=O)[O-]. The maximum absolute atomic E-state index is 10.8. The molecule has 0 aliphatic heterocycles. The van der Waals surface area contributed by atoms with E-state index in [1.807, 2.05) is 0 Å². The summed E-state index contributed by atoms with van der Waals surface area (Å²) >= 11 is 0. The lowest BCUT2D eigenvalue weighted by molar-refractivity contribution is -0.325. The van der Waals surface area contributed by atoms with E-state index in [-0.39, 0.29) is 5.69 Å². The van der Waals surface area contributed by atoms with Crippen LogP contribution in [0.2, 0.25) is 0 Å². The summed E-state index contributed by atoms with van der Waals surface area (Å²) in [4.78, 5) is -1.47. The first kappa shape index (κ1) is 12.9. The molecule has 0 aromatic heterocycles. The third-order valence-corrected chi connectivity index (χ3v) is 3.44. The lowest BCUT2D eigenvalue weighted by Crippen LogP contribution is -2.56. The van der Waals surface area contributed by atoms with Crippen molar-refractivity contribution >= 4 is 25.9 Å². The van der Waals surface area contributed by atoms with Crippen molar-refractivity contribution in [2.24, 2.45) is 0 Å². The topological polar surface area (TPSA) is 151 Å². The molecule has 5 N–H and O–H groups in total. The van der Waals surface area contributed by atoms with E-state index in [2.05, 4.69) is 11.3 Å². The average molecular weight is 268 g/mol. The zero-order valence-corrected chi connectivity index (χ0v) is 9.38. The number of hydrogen-bond acceptors (Lipinski definition) is 6. The van der Waals surface area contributed by atoms with Crippen LogP contribution in [0.5, 0.6) is 0 Å². The van der Waals surface area contributed by atoms with Gasteiger partial charge in [0.1, 0.15) is 15.8 Å². The summed E-state index contributed by atoms with van der Waals surface area (Å²) in [6.45, 7) is 0. The molecule has 0 unspecified atom stereocenters. The summed E-state index contributed by atoms with van der Waals surface area (Å²) in [6.07, 6.45) is 0. The number of anilines is 1. The Hall–Kier alpha value is -1.20. The standard InChI is InChI=1S/C6H8N2O6S2/c7-8-5-2-1-4(15(9,10)11)3-6(5)16(12,13)14/h1-3,8H,7H2,(H,9,10,11)(H,12,13,14). The first-order valence-corrected chi connectivity index (χ1v) is 6.61. The Morgan fingerprint density at radius 2 is 1.81 bits per heavy atom. The molecule has 0 saturated heterocycles. The maximum Gasteiger partial charge on any atom is 0.294 e.